The molecule has 0 bridgehead atoms. The van der Waals surface area contributed by atoms with E-state index in [1.165, 1.54) is 7.11 Å². The van der Waals surface area contributed by atoms with Gasteiger partial charge in [-0.3, -0.25) is 14.7 Å². The second-order valence-electron chi connectivity index (χ2n) is 6.57. The van der Waals surface area contributed by atoms with Crippen LogP contribution in [-0.4, -0.2) is 52.9 Å². The van der Waals surface area contributed by atoms with Crippen molar-refractivity contribution in [2.75, 3.05) is 20.3 Å². The molecule has 0 aliphatic carbocycles. The predicted molar refractivity (Wildman–Crippen MR) is 111 cm³/mol. The lowest BCUT2D eigenvalue weighted by atomic mass is 10.2. The van der Waals surface area contributed by atoms with Gasteiger partial charge in [0.05, 0.1) is 7.11 Å². The summed E-state index contributed by atoms with van der Waals surface area (Å²) in [4.78, 5) is 24.2. The molecule has 2 rings (SSSR count). The summed E-state index contributed by atoms with van der Waals surface area (Å²) in [6.45, 7) is 6.72. The van der Waals surface area contributed by atoms with Crippen LogP contribution < -0.4 is 20.1 Å². The van der Waals surface area contributed by atoms with Crippen molar-refractivity contribution in [2.24, 2.45) is 0 Å². The number of hydrogen-bond acceptors (Lipinski definition) is 6. The van der Waals surface area contributed by atoms with E-state index < -0.39 is 0 Å². The Labute approximate surface area is 174 Å². The minimum Gasteiger partial charge on any atom is -0.493 e. The Morgan fingerprint density at radius 2 is 2.07 bits per heavy atom. The number of ether oxygens (including phenoxy) is 2. The summed E-state index contributed by atoms with van der Waals surface area (Å²) >= 11 is 5.16. The van der Waals surface area contributed by atoms with Gasteiger partial charge in [-0.25, -0.2) is 0 Å². The first-order valence-corrected chi connectivity index (χ1v) is 9.79. The van der Waals surface area contributed by atoms with Gasteiger partial charge >= 0.3 is 0 Å². The van der Waals surface area contributed by atoms with Crippen LogP contribution in [0, 0.1) is 4.77 Å². The average Bonchev–Trinajstić information content (AvgIpc) is 3.05. The second-order valence-corrected chi connectivity index (χ2v) is 6.96. The van der Waals surface area contributed by atoms with E-state index in [0.29, 0.717) is 41.3 Å². The van der Waals surface area contributed by atoms with E-state index in [1.54, 1.807) is 18.2 Å². The highest BCUT2D eigenvalue weighted by molar-refractivity contribution is 7.71. The minimum atomic E-state index is -0.246. The van der Waals surface area contributed by atoms with E-state index in [1.807, 2.05) is 25.3 Å². The molecule has 0 saturated heterocycles. The number of carbonyl (C=O) groups is 2. The molecule has 29 heavy (non-hydrogen) atoms. The third-order valence-corrected chi connectivity index (χ3v) is 4.33. The van der Waals surface area contributed by atoms with Crippen molar-refractivity contribution in [3.05, 3.63) is 34.4 Å². The highest BCUT2D eigenvalue weighted by atomic mass is 32.1. The van der Waals surface area contributed by atoms with Gasteiger partial charge in [-0.1, -0.05) is 0 Å². The first-order chi connectivity index (χ1) is 13.8. The molecule has 3 N–H and O–H groups in total. The van der Waals surface area contributed by atoms with Gasteiger partial charge in [-0.05, 0) is 51.2 Å². The van der Waals surface area contributed by atoms with Gasteiger partial charge in [0.25, 0.3) is 11.8 Å². The fourth-order valence-electron chi connectivity index (χ4n) is 2.69. The zero-order valence-electron chi connectivity index (χ0n) is 17.1. The number of amides is 2. The Hall–Kier alpha value is -2.88. The van der Waals surface area contributed by atoms with Crippen LogP contribution in [0.3, 0.4) is 0 Å². The highest BCUT2D eigenvalue weighted by Gasteiger charge is 2.13. The lowest BCUT2D eigenvalue weighted by molar-refractivity contribution is -0.123. The maximum Gasteiger partial charge on any atom is 0.258 e. The molecular formula is C19H27N5O4S. The highest BCUT2D eigenvalue weighted by Crippen LogP contribution is 2.28. The quantitative estimate of drug-likeness (QED) is 0.505. The van der Waals surface area contributed by atoms with E-state index in [-0.39, 0.29) is 24.5 Å². The Morgan fingerprint density at radius 1 is 1.31 bits per heavy atom. The summed E-state index contributed by atoms with van der Waals surface area (Å²) in [6, 6.07) is 4.84. The monoisotopic (exact) mass is 421 g/mol. The molecule has 2 aromatic rings. The van der Waals surface area contributed by atoms with Crippen LogP contribution in [0.5, 0.6) is 11.5 Å². The summed E-state index contributed by atoms with van der Waals surface area (Å²) < 4.78 is 13.2. The molecule has 158 valence electrons. The number of rotatable bonds is 10. The van der Waals surface area contributed by atoms with E-state index in [2.05, 4.69) is 20.8 Å². The standard InChI is InChI=1S/C19H27N5O4S/c1-5-24-16(22-23-19(24)29)8-9-20-18(26)13-6-7-14(15(10-13)27-4)28-11-17(25)21-12(2)3/h6-7,10,12H,5,8-9,11H2,1-4H3,(H,20,26)(H,21,25)(H,23,29). The molecule has 2 amide bonds. The maximum absolute atomic E-state index is 12.4. The first kappa shape index (κ1) is 22.4. The van der Waals surface area contributed by atoms with Gasteiger partial charge in [-0.15, -0.1) is 0 Å². The van der Waals surface area contributed by atoms with Crippen molar-refractivity contribution < 1.29 is 19.1 Å². The predicted octanol–water partition coefficient (Wildman–Crippen LogP) is 1.85. The Kier molecular flexibility index (Phi) is 8.20. The van der Waals surface area contributed by atoms with Crippen LogP contribution in [0.15, 0.2) is 18.2 Å². The Balaban J connectivity index is 1.94. The largest absolute Gasteiger partial charge is 0.493 e. The number of hydrogen-bond donors (Lipinski definition) is 3. The molecule has 0 aliphatic heterocycles. The number of methoxy groups -OCH3 is 1. The van der Waals surface area contributed by atoms with E-state index in [0.717, 1.165) is 5.82 Å². The lowest BCUT2D eigenvalue weighted by Crippen LogP contribution is -2.34. The fraction of sp³-hybridized carbons (Fsp3) is 0.474. The van der Waals surface area contributed by atoms with Crippen LogP contribution in [-0.2, 0) is 17.8 Å². The van der Waals surface area contributed by atoms with Crippen LogP contribution >= 0.6 is 12.2 Å². The Bertz CT molecular complexity index is 906. The van der Waals surface area contributed by atoms with Crippen LogP contribution in [0.2, 0.25) is 0 Å². The third kappa shape index (κ3) is 6.31. The van der Waals surface area contributed by atoms with Gasteiger partial charge in [-0.2, -0.15) is 5.10 Å². The number of nitrogens with zero attached hydrogens (tertiary/aromatic N) is 2. The fourth-order valence-corrected chi connectivity index (χ4v) is 2.97. The number of aromatic amines is 1. The molecule has 1 aromatic heterocycles. The van der Waals surface area contributed by atoms with E-state index in [9.17, 15) is 9.59 Å². The molecule has 0 aliphatic rings. The number of H-pyrrole nitrogens is 1. The summed E-state index contributed by atoms with van der Waals surface area (Å²) in [5.41, 5.74) is 0.426. The molecule has 9 nitrogen and oxygen atoms in total. The molecule has 0 fully saturated rings. The molecule has 0 radical (unpaired) electrons. The van der Waals surface area contributed by atoms with Crippen molar-refractivity contribution in [1.82, 2.24) is 25.4 Å². The molecule has 1 aromatic carbocycles. The number of aromatic nitrogens is 3. The first-order valence-electron chi connectivity index (χ1n) is 9.38. The minimum absolute atomic E-state index is 0.0324. The van der Waals surface area contributed by atoms with Crippen molar-refractivity contribution in [3.63, 3.8) is 0 Å². The van der Waals surface area contributed by atoms with Crippen LogP contribution in [0.1, 0.15) is 37.0 Å². The zero-order valence-corrected chi connectivity index (χ0v) is 17.9. The molecule has 0 atom stereocenters. The third-order valence-electron chi connectivity index (χ3n) is 4.02. The Morgan fingerprint density at radius 3 is 2.72 bits per heavy atom. The second kappa shape index (κ2) is 10.6. The van der Waals surface area contributed by atoms with Gasteiger partial charge in [0.15, 0.2) is 22.9 Å². The topological polar surface area (TPSA) is 110 Å². The molecule has 10 heteroatoms. The summed E-state index contributed by atoms with van der Waals surface area (Å²) in [7, 11) is 1.48. The summed E-state index contributed by atoms with van der Waals surface area (Å²) in [5.74, 6) is 1.08. The number of benzene rings is 1. The normalized spacial score (nSPS) is 10.7. The van der Waals surface area contributed by atoms with E-state index in [4.69, 9.17) is 21.7 Å². The van der Waals surface area contributed by atoms with Gasteiger partial charge in [0.2, 0.25) is 0 Å². The number of nitrogens with one attached hydrogen (secondary N) is 3. The lowest BCUT2D eigenvalue weighted by Gasteiger charge is -2.13. The smallest absolute Gasteiger partial charge is 0.258 e. The molecular weight excluding hydrogens is 394 g/mol. The molecule has 0 unspecified atom stereocenters. The van der Waals surface area contributed by atoms with Gasteiger partial charge in [0, 0.05) is 31.1 Å². The van der Waals surface area contributed by atoms with Crippen molar-refractivity contribution in [1.29, 1.82) is 0 Å². The zero-order chi connectivity index (χ0) is 21.4. The van der Waals surface area contributed by atoms with Crippen molar-refractivity contribution in [2.45, 2.75) is 39.8 Å². The van der Waals surface area contributed by atoms with Crippen molar-refractivity contribution >= 4 is 24.0 Å². The van der Waals surface area contributed by atoms with Gasteiger partial charge in [0.1, 0.15) is 5.82 Å². The maximum atomic E-state index is 12.4. The summed E-state index contributed by atoms with van der Waals surface area (Å²) in [6.07, 6.45) is 0.552. The van der Waals surface area contributed by atoms with Gasteiger partial charge < -0.3 is 24.7 Å². The molecule has 1 heterocycles. The SMILES string of the molecule is CCn1c(CCNC(=O)c2ccc(OCC(=O)NC(C)C)c(OC)c2)n[nH]c1=S. The van der Waals surface area contributed by atoms with Crippen molar-refractivity contribution in [3.8, 4) is 11.5 Å². The molecule has 0 spiro atoms. The summed E-state index contributed by atoms with van der Waals surface area (Å²) in [5, 5.41) is 12.5. The average molecular weight is 422 g/mol. The van der Waals surface area contributed by atoms with Crippen LogP contribution in [0.4, 0.5) is 0 Å². The van der Waals surface area contributed by atoms with Crippen LogP contribution in [0.25, 0.3) is 0 Å². The number of carbonyl (C=O) groups excluding carboxylic acids is 2. The molecule has 0 saturated carbocycles. The van der Waals surface area contributed by atoms with E-state index >= 15 is 0 Å².